The first-order chi connectivity index (χ1) is 10.1. The molecular weight excluding hydrogens is 300 g/mol. The van der Waals surface area contributed by atoms with Crippen LogP contribution in [0.1, 0.15) is 44.0 Å². The van der Waals surface area contributed by atoms with E-state index in [9.17, 15) is 13.2 Å². The van der Waals surface area contributed by atoms with Crippen molar-refractivity contribution in [2.45, 2.75) is 44.6 Å². The molecule has 1 aromatic carbocycles. The van der Waals surface area contributed by atoms with Gasteiger partial charge in [-0.25, -0.2) is 12.7 Å². The number of nitrogens with one attached hydrogen (secondary N) is 1. The van der Waals surface area contributed by atoms with Crippen molar-refractivity contribution in [1.82, 2.24) is 9.62 Å². The minimum Gasteiger partial charge on any atom is -0.350 e. The van der Waals surface area contributed by atoms with Crippen LogP contribution in [0.25, 0.3) is 0 Å². The molecule has 1 amide bonds. The van der Waals surface area contributed by atoms with Crippen LogP contribution < -0.4 is 5.32 Å². The van der Waals surface area contributed by atoms with Gasteiger partial charge in [-0.15, -0.1) is 0 Å². The summed E-state index contributed by atoms with van der Waals surface area (Å²) in [5.41, 5.74) is 0.467. The Bertz CT molecular complexity index is 592. The summed E-state index contributed by atoms with van der Waals surface area (Å²) >= 11 is 0. The zero-order valence-corrected chi connectivity index (χ0v) is 14.8. The highest BCUT2D eigenvalue weighted by Crippen LogP contribution is 2.14. The van der Waals surface area contributed by atoms with Gasteiger partial charge in [0, 0.05) is 25.7 Å². The van der Waals surface area contributed by atoms with Crippen LogP contribution in [0.3, 0.4) is 0 Å². The van der Waals surface area contributed by atoms with E-state index in [1.54, 1.807) is 12.1 Å². The average Bonchev–Trinajstić information content (AvgIpc) is 2.45. The molecule has 5 nitrogen and oxygen atoms in total. The van der Waals surface area contributed by atoms with Gasteiger partial charge in [0.05, 0.1) is 4.90 Å². The van der Waals surface area contributed by atoms with E-state index in [1.807, 2.05) is 6.92 Å². The van der Waals surface area contributed by atoms with Crippen molar-refractivity contribution in [3.05, 3.63) is 29.8 Å². The fourth-order valence-corrected chi connectivity index (χ4v) is 2.85. The van der Waals surface area contributed by atoms with E-state index in [4.69, 9.17) is 0 Å². The second-order valence-corrected chi connectivity index (χ2v) is 8.31. The van der Waals surface area contributed by atoms with Crippen molar-refractivity contribution in [1.29, 1.82) is 0 Å². The van der Waals surface area contributed by atoms with Gasteiger partial charge in [0.2, 0.25) is 10.0 Å². The van der Waals surface area contributed by atoms with E-state index < -0.39 is 10.0 Å². The van der Waals surface area contributed by atoms with Crippen molar-refractivity contribution < 1.29 is 13.2 Å². The first-order valence-corrected chi connectivity index (χ1v) is 8.92. The molecule has 22 heavy (non-hydrogen) atoms. The Kier molecular flexibility index (Phi) is 6.56. The second kappa shape index (κ2) is 7.74. The molecule has 1 unspecified atom stereocenters. The largest absolute Gasteiger partial charge is 0.350 e. The lowest BCUT2D eigenvalue weighted by atomic mass is 10.0. The average molecular weight is 326 g/mol. The highest BCUT2D eigenvalue weighted by molar-refractivity contribution is 7.89. The van der Waals surface area contributed by atoms with Crippen LogP contribution in [0.2, 0.25) is 0 Å². The minimum atomic E-state index is -3.46. The summed E-state index contributed by atoms with van der Waals surface area (Å²) in [5, 5.41) is 2.93. The van der Waals surface area contributed by atoms with Crippen LogP contribution in [-0.4, -0.2) is 38.8 Å². The molecule has 1 rings (SSSR count). The van der Waals surface area contributed by atoms with Gasteiger partial charge in [0.1, 0.15) is 0 Å². The molecule has 0 radical (unpaired) electrons. The Hall–Kier alpha value is -1.40. The highest BCUT2D eigenvalue weighted by Gasteiger charge is 2.18. The fraction of sp³-hybridized carbons (Fsp3) is 0.562. The maximum Gasteiger partial charge on any atom is 0.251 e. The predicted molar refractivity (Wildman–Crippen MR) is 88.3 cm³/mol. The van der Waals surface area contributed by atoms with Gasteiger partial charge in [0.15, 0.2) is 0 Å². The molecule has 0 aromatic heterocycles. The van der Waals surface area contributed by atoms with E-state index in [0.717, 1.165) is 17.1 Å². The predicted octanol–water partition coefficient (Wildman–Crippen LogP) is 2.49. The first-order valence-electron chi connectivity index (χ1n) is 7.48. The van der Waals surface area contributed by atoms with Gasteiger partial charge in [-0.1, -0.05) is 13.8 Å². The molecule has 0 aliphatic carbocycles. The van der Waals surface area contributed by atoms with Crippen LogP contribution in [0.15, 0.2) is 29.2 Å². The Morgan fingerprint density at radius 1 is 1.09 bits per heavy atom. The number of carbonyl (C=O) groups excluding carboxylic acids is 1. The Labute approximate surface area is 133 Å². The van der Waals surface area contributed by atoms with Crippen LogP contribution in [0, 0.1) is 5.92 Å². The lowest BCUT2D eigenvalue weighted by molar-refractivity contribution is 0.0937. The molecule has 0 aliphatic heterocycles. The molecule has 0 saturated carbocycles. The summed E-state index contributed by atoms with van der Waals surface area (Å²) in [4.78, 5) is 12.3. The van der Waals surface area contributed by atoms with Gasteiger partial charge >= 0.3 is 0 Å². The summed E-state index contributed by atoms with van der Waals surface area (Å²) < 4.78 is 25.1. The summed E-state index contributed by atoms with van der Waals surface area (Å²) in [6.45, 7) is 6.28. The normalized spacial score (nSPS) is 13.4. The number of hydrogen-bond donors (Lipinski definition) is 1. The van der Waals surface area contributed by atoms with Gasteiger partial charge in [-0.05, 0) is 49.9 Å². The molecule has 1 N–H and O–H groups in total. The van der Waals surface area contributed by atoms with Crippen molar-refractivity contribution in [2.75, 3.05) is 14.1 Å². The van der Waals surface area contributed by atoms with Gasteiger partial charge in [-0.2, -0.15) is 0 Å². The minimum absolute atomic E-state index is 0.0973. The Balaban J connectivity index is 2.73. The SMILES string of the molecule is CC(C)CCC(C)NC(=O)c1ccc(S(=O)(=O)N(C)C)cc1. The number of nitrogens with zero attached hydrogens (tertiary/aromatic N) is 1. The van der Waals surface area contributed by atoms with Crippen LogP contribution >= 0.6 is 0 Å². The number of carbonyl (C=O) groups is 1. The quantitative estimate of drug-likeness (QED) is 0.837. The highest BCUT2D eigenvalue weighted by atomic mass is 32.2. The van der Waals surface area contributed by atoms with E-state index in [2.05, 4.69) is 19.2 Å². The summed E-state index contributed by atoms with van der Waals surface area (Å²) in [7, 11) is -0.502. The van der Waals surface area contributed by atoms with Gasteiger partial charge in [-0.3, -0.25) is 4.79 Å². The number of amides is 1. The zero-order valence-electron chi connectivity index (χ0n) is 14.0. The van der Waals surface area contributed by atoms with Crippen LogP contribution in [0.4, 0.5) is 0 Å². The number of sulfonamides is 1. The lowest BCUT2D eigenvalue weighted by Crippen LogP contribution is -2.32. The summed E-state index contributed by atoms with van der Waals surface area (Å²) in [6, 6.07) is 6.11. The molecule has 0 aliphatic rings. The molecule has 0 saturated heterocycles. The van der Waals surface area contributed by atoms with Gasteiger partial charge < -0.3 is 5.32 Å². The molecule has 1 aromatic rings. The Morgan fingerprint density at radius 3 is 2.09 bits per heavy atom. The smallest absolute Gasteiger partial charge is 0.251 e. The topological polar surface area (TPSA) is 66.5 Å². The van der Waals surface area contributed by atoms with Crippen LogP contribution in [-0.2, 0) is 10.0 Å². The molecular formula is C16H26N2O3S. The van der Waals surface area contributed by atoms with E-state index in [1.165, 1.54) is 26.2 Å². The number of hydrogen-bond acceptors (Lipinski definition) is 3. The summed E-state index contributed by atoms with van der Waals surface area (Å²) in [5.74, 6) is 0.430. The molecule has 0 fully saturated rings. The van der Waals surface area contributed by atoms with Crippen molar-refractivity contribution in [3.8, 4) is 0 Å². The molecule has 6 heteroatoms. The molecule has 1 atom stereocenters. The molecule has 124 valence electrons. The Morgan fingerprint density at radius 2 is 1.64 bits per heavy atom. The lowest BCUT2D eigenvalue weighted by Gasteiger charge is -2.15. The molecule has 0 spiro atoms. The first kappa shape index (κ1) is 18.6. The third-order valence-corrected chi connectivity index (χ3v) is 5.28. The van der Waals surface area contributed by atoms with Gasteiger partial charge in [0.25, 0.3) is 5.91 Å². The molecule has 0 heterocycles. The van der Waals surface area contributed by atoms with E-state index >= 15 is 0 Å². The molecule has 0 bridgehead atoms. The van der Waals surface area contributed by atoms with Crippen molar-refractivity contribution in [2.24, 2.45) is 5.92 Å². The zero-order chi connectivity index (χ0) is 16.9. The maximum atomic E-state index is 12.1. The van der Waals surface area contributed by atoms with Crippen molar-refractivity contribution in [3.63, 3.8) is 0 Å². The van der Waals surface area contributed by atoms with Crippen LogP contribution in [0.5, 0.6) is 0 Å². The van der Waals surface area contributed by atoms with E-state index in [-0.39, 0.29) is 16.8 Å². The second-order valence-electron chi connectivity index (χ2n) is 6.16. The fourth-order valence-electron chi connectivity index (χ4n) is 1.95. The maximum absolute atomic E-state index is 12.1. The van der Waals surface area contributed by atoms with E-state index in [0.29, 0.717) is 11.5 Å². The standard InChI is InChI=1S/C16H26N2O3S/c1-12(2)6-7-13(3)17-16(19)14-8-10-15(11-9-14)22(20,21)18(4)5/h8-13H,6-7H2,1-5H3,(H,17,19). The third kappa shape index (κ3) is 5.10. The monoisotopic (exact) mass is 326 g/mol. The number of rotatable bonds is 7. The third-order valence-electron chi connectivity index (χ3n) is 3.45. The summed E-state index contributed by atoms with van der Waals surface area (Å²) in [6.07, 6.45) is 1.98. The van der Waals surface area contributed by atoms with Crippen molar-refractivity contribution >= 4 is 15.9 Å². The number of benzene rings is 1.